The molecule has 14 heavy (non-hydrogen) atoms. The first-order chi connectivity index (χ1) is 6.63. The summed E-state index contributed by atoms with van der Waals surface area (Å²) in [5.41, 5.74) is 0. The van der Waals surface area contributed by atoms with E-state index in [4.69, 9.17) is 5.11 Å². The molecule has 82 valence electrons. The molecule has 0 amide bonds. The van der Waals surface area contributed by atoms with E-state index >= 15 is 0 Å². The largest absolute Gasteiger partial charge is 0.481 e. The molecule has 0 aromatic carbocycles. The lowest BCUT2D eigenvalue weighted by atomic mass is 9.87. The van der Waals surface area contributed by atoms with E-state index in [1.165, 1.54) is 6.42 Å². The van der Waals surface area contributed by atoms with Crippen LogP contribution in [0, 0.1) is 5.92 Å². The van der Waals surface area contributed by atoms with Gasteiger partial charge in [0, 0.05) is 16.0 Å². The number of hydrogen-bond acceptors (Lipinski definition) is 2. The SMILES string of the molecule is CCC1CCC(S(=O)CC(=O)O)CC1. The van der Waals surface area contributed by atoms with Crippen molar-refractivity contribution in [1.82, 2.24) is 0 Å². The molecule has 1 N–H and O–H groups in total. The Labute approximate surface area is 87.3 Å². The molecule has 1 fully saturated rings. The van der Waals surface area contributed by atoms with E-state index in [-0.39, 0.29) is 11.0 Å². The van der Waals surface area contributed by atoms with Gasteiger partial charge < -0.3 is 5.11 Å². The Morgan fingerprint density at radius 2 is 1.93 bits per heavy atom. The third-order valence-corrected chi connectivity index (χ3v) is 4.76. The van der Waals surface area contributed by atoms with Gasteiger partial charge in [-0.05, 0) is 31.6 Å². The Morgan fingerprint density at radius 1 is 1.36 bits per heavy atom. The smallest absolute Gasteiger partial charge is 0.316 e. The first kappa shape index (κ1) is 11.7. The summed E-state index contributed by atoms with van der Waals surface area (Å²) in [4.78, 5) is 10.4. The average Bonchev–Trinajstić information content (AvgIpc) is 2.17. The van der Waals surface area contributed by atoms with E-state index < -0.39 is 16.8 Å². The zero-order chi connectivity index (χ0) is 10.6. The fourth-order valence-electron chi connectivity index (χ4n) is 2.04. The highest BCUT2D eigenvalue weighted by Crippen LogP contribution is 2.29. The standard InChI is InChI=1S/C10H18O3S/c1-2-8-3-5-9(6-4-8)14(13)7-10(11)12/h8-9H,2-7H2,1H3,(H,11,12). The topological polar surface area (TPSA) is 54.4 Å². The van der Waals surface area contributed by atoms with Gasteiger partial charge in [0.25, 0.3) is 0 Å². The summed E-state index contributed by atoms with van der Waals surface area (Å²) >= 11 is 0. The summed E-state index contributed by atoms with van der Waals surface area (Å²) < 4.78 is 11.5. The molecule has 1 unspecified atom stereocenters. The fraction of sp³-hybridized carbons (Fsp3) is 0.900. The van der Waals surface area contributed by atoms with Gasteiger partial charge in [-0.3, -0.25) is 9.00 Å². The Bertz CT molecular complexity index is 219. The fourth-order valence-corrected chi connectivity index (χ4v) is 3.32. The number of rotatable bonds is 4. The van der Waals surface area contributed by atoms with Crippen LogP contribution in [0.15, 0.2) is 0 Å². The highest BCUT2D eigenvalue weighted by Gasteiger charge is 2.25. The molecule has 0 aliphatic heterocycles. The van der Waals surface area contributed by atoms with Crippen LogP contribution in [0.2, 0.25) is 0 Å². The second-order valence-corrected chi connectivity index (χ2v) is 5.69. The quantitative estimate of drug-likeness (QED) is 0.782. The number of aliphatic carboxylic acids is 1. The van der Waals surface area contributed by atoms with Crippen LogP contribution in [0.5, 0.6) is 0 Å². The lowest BCUT2D eigenvalue weighted by molar-refractivity contribution is -0.134. The molecule has 1 rings (SSSR count). The molecule has 0 radical (unpaired) electrons. The predicted molar refractivity (Wildman–Crippen MR) is 56.7 cm³/mol. The molecule has 1 saturated carbocycles. The van der Waals surface area contributed by atoms with Crippen LogP contribution in [0.3, 0.4) is 0 Å². The maximum Gasteiger partial charge on any atom is 0.316 e. The summed E-state index contributed by atoms with van der Waals surface area (Å²) in [6, 6.07) is 0. The van der Waals surface area contributed by atoms with Crippen LogP contribution in [-0.2, 0) is 15.6 Å². The maximum atomic E-state index is 11.5. The Hall–Kier alpha value is -0.380. The first-order valence-electron chi connectivity index (χ1n) is 5.22. The minimum atomic E-state index is -1.15. The molecule has 0 aromatic heterocycles. The van der Waals surface area contributed by atoms with Gasteiger partial charge in [-0.25, -0.2) is 0 Å². The molecule has 0 bridgehead atoms. The number of carboxylic acids is 1. The molecule has 3 nitrogen and oxygen atoms in total. The highest BCUT2D eigenvalue weighted by molar-refractivity contribution is 7.86. The van der Waals surface area contributed by atoms with Crippen LogP contribution in [0.1, 0.15) is 39.0 Å². The van der Waals surface area contributed by atoms with Gasteiger partial charge in [-0.2, -0.15) is 0 Å². The van der Waals surface area contributed by atoms with Gasteiger partial charge in [0.2, 0.25) is 0 Å². The molecule has 0 spiro atoms. The van der Waals surface area contributed by atoms with Gasteiger partial charge in [0.15, 0.2) is 0 Å². The maximum absolute atomic E-state index is 11.5. The first-order valence-corrected chi connectivity index (χ1v) is 6.60. The van der Waals surface area contributed by atoms with E-state index in [0.717, 1.165) is 31.6 Å². The summed E-state index contributed by atoms with van der Waals surface area (Å²) in [7, 11) is -1.15. The Balaban J connectivity index is 2.34. The van der Waals surface area contributed by atoms with Gasteiger partial charge in [-0.1, -0.05) is 13.3 Å². The summed E-state index contributed by atoms with van der Waals surface area (Å²) in [5.74, 6) is -0.351. The number of carbonyl (C=O) groups is 1. The average molecular weight is 218 g/mol. The molecule has 0 saturated heterocycles. The summed E-state index contributed by atoms with van der Waals surface area (Å²) in [6.07, 6.45) is 5.31. The van der Waals surface area contributed by atoms with Gasteiger partial charge in [-0.15, -0.1) is 0 Å². The zero-order valence-corrected chi connectivity index (χ0v) is 9.39. The van der Waals surface area contributed by atoms with E-state index in [0.29, 0.717) is 0 Å². The molecule has 1 aliphatic carbocycles. The van der Waals surface area contributed by atoms with E-state index in [9.17, 15) is 9.00 Å². The van der Waals surface area contributed by atoms with Crippen molar-refractivity contribution < 1.29 is 14.1 Å². The lowest BCUT2D eigenvalue weighted by Crippen LogP contribution is -2.26. The minimum absolute atomic E-state index is 0.133. The van der Waals surface area contributed by atoms with Crippen molar-refractivity contribution in [2.75, 3.05) is 5.75 Å². The molecule has 1 atom stereocenters. The van der Waals surface area contributed by atoms with Crippen molar-refractivity contribution in [2.45, 2.75) is 44.3 Å². The summed E-state index contributed by atoms with van der Waals surface area (Å²) in [5, 5.41) is 8.65. The van der Waals surface area contributed by atoms with Crippen LogP contribution in [0.4, 0.5) is 0 Å². The van der Waals surface area contributed by atoms with Gasteiger partial charge >= 0.3 is 5.97 Å². The van der Waals surface area contributed by atoms with Crippen molar-refractivity contribution in [3.05, 3.63) is 0 Å². The van der Waals surface area contributed by atoms with Crippen molar-refractivity contribution in [3.63, 3.8) is 0 Å². The van der Waals surface area contributed by atoms with Crippen LogP contribution < -0.4 is 0 Å². The van der Waals surface area contributed by atoms with Crippen molar-refractivity contribution >= 4 is 16.8 Å². The molecule has 0 aromatic rings. The van der Waals surface area contributed by atoms with Gasteiger partial charge in [0.1, 0.15) is 5.75 Å². The molecule has 4 heteroatoms. The van der Waals surface area contributed by atoms with Crippen LogP contribution >= 0.6 is 0 Å². The van der Waals surface area contributed by atoms with E-state index in [1.807, 2.05) is 0 Å². The second kappa shape index (κ2) is 5.49. The monoisotopic (exact) mass is 218 g/mol. The predicted octanol–water partition coefficient (Wildman–Crippen LogP) is 1.79. The molecule has 0 heterocycles. The summed E-state index contributed by atoms with van der Waals surface area (Å²) in [6.45, 7) is 2.18. The third-order valence-electron chi connectivity index (χ3n) is 3.01. The van der Waals surface area contributed by atoms with Crippen molar-refractivity contribution in [3.8, 4) is 0 Å². The van der Waals surface area contributed by atoms with Gasteiger partial charge in [0.05, 0.1) is 0 Å². The van der Waals surface area contributed by atoms with E-state index in [1.54, 1.807) is 0 Å². The normalized spacial score (nSPS) is 29.8. The third kappa shape index (κ3) is 3.40. The number of carboxylic acid groups (broad SMARTS) is 1. The highest BCUT2D eigenvalue weighted by atomic mass is 32.2. The van der Waals surface area contributed by atoms with E-state index in [2.05, 4.69) is 6.92 Å². The Kier molecular flexibility index (Phi) is 4.58. The Morgan fingerprint density at radius 3 is 2.36 bits per heavy atom. The number of hydrogen-bond donors (Lipinski definition) is 1. The lowest BCUT2D eigenvalue weighted by Gasteiger charge is -2.26. The zero-order valence-electron chi connectivity index (χ0n) is 8.57. The van der Waals surface area contributed by atoms with Crippen LogP contribution in [-0.4, -0.2) is 26.3 Å². The van der Waals surface area contributed by atoms with Crippen LogP contribution in [0.25, 0.3) is 0 Å². The molecular weight excluding hydrogens is 200 g/mol. The molecular formula is C10H18O3S. The van der Waals surface area contributed by atoms with Crippen molar-refractivity contribution in [1.29, 1.82) is 0 Å². The van der Waals surface area contributed by atoms with Crippen molar-refractivity contribution in [2.24, 2.45) is 5.92 Å². The minimum Gasteiger partial charge on any atom is -0.481 e. The molecule has 1 aliphatic rings. The second-order valence-electron chi connectivity index (χ2n) is 3.97.